The minimum Gasteiger partial charge on any atom is -0.368 e. The van der Waals surface area contributed by atoms with Gasteiger partial charge in [-0.05, 0) is 6.92 Å². The molecule has 1 aliphatic rings. The summed E-state index contributed by atoms with van der Waals surface area (Å²) in [6.45, 7) is 4.16. The molecule has 1 saturated heterocycles. The van der Waals surface area contributed by atoms with Gasteiger partial charge in [0.2, 0.25) is 5.91 Å². The van der Waals surface area contributed by atoms with Crippen molar-refractivity contribution in [3.05, 3.63) is 0 Å². The van der Waals surface area contributed by atoms with Crippen LogP contribution in [0.25, 0.3) is 0 Å². The third-order valence-corrected chi connectivity index (χ3v) is 2.60. The van der Waals surface area contributed by atoms with Crippen molar-refractivity contribution in [3.8, 4) is 0 Å². The summed E-state index contributed by atoms with van der Waals surface area (Å²) in [5.41, 5.74) is 5.02. The average molecular weight is 242 g/mol. The van der Waals surface area contributed by atoms with Crippen molar-refractivity contribution in [2.24, 2.45) is 5.73 Å². The van der Waals surface area contributed by atoms with Crippen LogP contribution in [0.2, 0.25) is 0 Å². The number of rotatable bonds is 3. The Morgan fingerprint density at radius 3 is 2.35 bits per heavy atom. The highest BCUT2D eigenvalue weighted by atomic mass is 16.2. The molecule has 96 valence electrons. The van der Waals surface area contributed by atoms with E-state index in [1.54, 1.807) is 6.92 Å². The molecular weight excluding hydrogens is 224 g/mol. The monoisotopic (exact) mass is 242 g/mol. The van der Waals surface area contributed by atoms with E-state index >= 15 is 0 Å². The first kappa shape index (κ1) is 13.4. The van der Waals surface area contributed by atoms with Gasteiger partial charge in [0.15, 0.2) is 0 Å². The number of likely N-dealkylation sites (N-methyl/N-ethyl adjacent to an activating group) is 1. The highest BCUT2D eigenvalue weighted by Crippen LogP contribution is 1.98. The molecule has 0 unspecified atom stereocenters. The lowest BCUT2D eigenvalue weighted by Gasteiger charge is -2.29. The number of amides is 3. The number of hydrogen-bond donors (Lipinski definition) is 2. The number of nitrogens with zero attached hydrogens (tertiary/aromatic N) is 2. The van der Waals surface area contributed by atoms with Crippen molar-refractivity contribution in [1.29, 1.82) is 0 Å². The van der Waals surface area contributed by atoms with E-state index in [-0.39, 0.29) is 6.54 Å². The summed E-state index contributed by atoms with van der Waals surface area (Å²) < 4.78 is 0. The smallest absolute Gasteiger partial charge is 0.312 e. The Kier molecular flexibility index (Phi) is 4.89. The van der Waals surface area contributed by atoms with Crippen LogP contribution < -0.4 is 11.1 Å². The third-order valence-electron chi connectivity index (χ3n) is 2.60. The Morgan fingerprint density at radius 2 is 1.88 bits per heavy atom. The summed E-state index contributed by atoms with van der Waals surface area (Å²) in [5, 5.41) is 3.09. The van der Waals surface area contributed by atoms with Crippen LogP contribution in [0.15, 0.2) is 0 Å². The van der Waals surface area contributed by atoms with Gasteiger partial charge in [-0.15, -0.1) is 0 Å². The van der Waals surface area contributed by atoms with Gasteiger partial charge in [0, 0.05) is 32.7 Å². The molecule has 0 aliphatic carbocycles. The van der Waals surface area contributed by atoms with Crippen LogP contribution in [0.3, 0.4) is 0 Å². The van der Waals surface area contributed by atoms with E-state index in [1.807, 2.05) is 0 Å². The van der Waals surface area contributed by atoms with Gasteiger partial charge in [-0.25, -0.2) is 0 Å². The second-order valence-corrected chi connectivity index (χ2v) is 3.83. The van der Waals surface area contributed by atoms with Gasteiger partial charge in [0.1, 0.15) is 0 Å². The average Bonchev–Trinajstić information content (AvgIpc) is 2.35. The second-order valence-electron chi connectivity index (χ2n) is 3.83. The Hall–Kier alpha value is -1.63. The molecular formula is C10H18N4O3. The molecule has 7 heteroatoms. The molecule has 0 bridgehead atoms. The van der Waals surface area contributed by atoms with Gasteiger partial charge in [-0.3, -0.25) is 14.4 Å². The maximum Gasteiger partial charge on any atom is 0.312 e. The lowest BCUT2D eigenvalue weighted by Crippen LogP contribution is -2.53. The summed E-state index contributed by atoms with van der Waals surface area (Å²) in [7, 11) is 0. The topological polar surface area (TPSA) is 95.7 Å². The minimum atomic E-state index is -0.659. The van der Waals surface area contributed by atoms with Crippen molar-refractivity contribution in [2.45, 2.75) is 6.92 Å². The van der Waals surface area contributed by atoms with Gasteiger partial charge in [0.05, 0.1) is 6.54 Å². The first-order valence-corrected chi connectivity index (χ1v) is 5.63. The molecule has 1 fully saturated rings. The molecule has 0 radical (unpaired) electrons. The number of primary amides is 1. The quantitative estimate of drug-likeness (QED) is 0.547. The zero-order valence-corrected chi connectivity index (χ0v) is 9.94. The maximum absolute atomic E-state index is 11.8. The van der Waals surface area contributed by atoms with E-state index in [9.17, 15) is 14.4 Å². The van der Waals surface area contributed by atoms with Crippen molar-refractivity contribution < 1.29 is 14.4 Å². The minimum absolute atomic E-state index is 0.215. The molecule has 0 aromatic rings. The molecule has 0 aromatic carbocycles. The summed E-state index contributed by atoms with van der Waals surface area (Å²) >= 11 is 0. The number of piperazine rings is 1. The first-order chi connectivity index (χ1) is 8.06. The predicted octanol–water partition coefficient (Wildman–Crippen LogP) is -2.25. The lowest BCUT2D eigenvalue weighted by atomic mass is 10.3. The molecule has 0 saturated carbocycles. The second kappa shape index (κ2) is 6.19. The highest BCUT2D eigenvalue weighted by molar-refractivity contribution is 6.35. The standard InChI is InChI=1S/C10H18N4O3/c1-2-13(7-8(11)15)9(16)10(17)14-5-3-12-4-6-14/h12H,2-7H2,1H3,(H2,11,15). The summed E-state index contributed by atoms with van der Waals surface area (Å²) in [5.74, 6) is -1.84. The number of carbonyl (C=O) groups is 3. The fourth-order valence-electron chi connectivity index (χ4n) is 1.65. The van der Waals surface area contributed by atoms with Crippen molar-refractivity contribution >= 4 is 17.7 Å². The zero-order chi connectivity index (χ0) is 12.8. The van der Waals surface area contributed by atoms with Gasteiger partial charge < -0.3 is 20.9 Å². The van der Waals surface area contributed by atoms with Gasteiger partial charge in [-0.1, -0.05) is 0 Å². The summed E-state index contributed by atoms with van der Waals surface area (Å²) in [6.07, 6.45) is 0. The van der Waals surface area contributed by atoms with E-state index in [4.69, 9.17) is 5.73 Å². The Labute approximate surface area is 99.9 Å². The lowest BCUT2D eigenvalue weighted by molar-refractivity contribution is -0.152. The van der Waals surface area contributed by atoms with Crippen LogP contribution in [0.1, 0.15) is 6.92 Å². The molecule has 1 rings (SSSR count). The zero-order valence-electron chi connectivity index (χ0n) is 9.94. The molecule has 1 aliphatic heterocycles. The highest BCUT2D eigenvalue weighted by Gasteiger charge is 2.27. The fraction of sp³-hybridized carbons (Fsp3) is 0.700. The van der Waals surface area contributed by atoms with Crippen LogP contribution in [-0.2, 0) is 14.4 Å². The molecule has 0 atom stereocenters. The molecule has 7 nitrogen and oxygen atoms in total. The Morgan fingerprint density at radius 1 is 1.29 bits per heavy atom. The van der Waals surface area contributed by atoms with E-state index < -0.39 is 17.7 Å². The number of carbonyl (C=O) groups excluding carboxylic acids is 3. The van der Waals surface area contributed by atoms with Crippen LogP contribution >= 0.6 is 0 Å². The summed E-state index contributed by atoms with van der Waals surface area (Å²) in [4.78, 5) is 37.1. The first-order valence-electron chi connectivity index (χ1n) is 5.63. The predicted molar refractivity (Wildman–Crippen MR) is 60.9 cm³/mol. The van der Waals surface area contributed by atoms with Gasteiger partial charge in [-0.2, -0.15) is 0 Å². The third kappa shape index (κ3) is 3.70. The fourth-order valence-corrected chi connectivity index (χ4v) is 1.65. The van der Waals surface area contributed by atoms with Crippen LogP contribution in [0.5, 0.6) is 0 Å². The largest absolute Gasteiger partial charge is 0.368 e. The van der Waals surface area contributed by atoms with Gasteiger partial charge >= 0.3 is 11.8 Å². The summed E-state index contributed by atoms with van der Waals surface area (Å²) in [6, 6.07) is 0. The Bertz CT molecular complexity index is 313. The normalized spacial score (nSPS) is 15.5. The van der Waals surface area contributed by atoms with E-state index in [0.29, 0.717) is 32.7 Å². The number of nitrogens with two attached hydrogens (primary N) is 1. The molecule has 0 spiro atoms. The molecule has 0 aromatic heterocycles. The van der Waals surface area contributed by atoms with Crippen LogP contribution in [-0.4, -0.2) is 66.8 Å². The van der Waals surface area contributed by atoms with E-state index in [1.165, 1.54) is 4.90 Å². The number of nitrogens with one attached hydrogen (secondary N) is 1. The molecule has 1 heterocycles. The molecule has 3 amide bonds. The van der Waals surface area contributed by atoms with E-state index in [0.717, 1.165) is 4.90 Å². The van der Waals surface area contributed by atoms with Crippen LogP contribution in [0.4, 0.5) is 0 Å². The maximum atomic E-state index is 11.8. The Balaban J connectivity index is 2.59. The molecule has 3 N–H and O–H groups in total. The van der Waals surface area contributed by atoms with Crippen molar-refractivity contribution in [1.82, 2.24) is 15.1 Å². The van der Waals surface area contributed by atoms with E-state index in [2.05, 4.69) is 5.32 Å². The SMILES string of the molecule is CCN(CC(N)=O)C(=O)C(=O)N1CCNCC1. The number of hydrogen-bond acceptors (Lipinski definition) is 4. The van der Waals surface area contributed by atoms with Crippen molar-refractivity contribution in [3.63, 3.8) is 0 Å². The molecule has 17 heavy (non-hydrogen) atoms. The van der Waals surface area contributed by atoms with Gasteiger partial charge in [0.25, 0.3) is 0 Å². The van der Waals surface area contributed by atoms with Crippen LogP contribution in [0, 0.1) is 0 Å². The van der Waals surface area contributed by atoms with Crippen molar-refractivity contribution in [2.75, 3.05) is 39.3 Å².